The normalized spacial score (nSPS) is 18.0. The third kappa shape index (κ3) is 8.85. The van der Waals surface area contributed by atoms with Crippen molar-refractivity contribution in [2.75, 3.05) is 38.5 Å². The number of amides is 1. The summed E-state index contributed by atoms with van der Waals surface area (Å²) in [6, 6.07) is 0.168. The molecular formula is C14H30ClN3O4S. The summed E-state index contributed by atoms with van der Waals surface area (Å²) in [4.78, 5) is 14.1. The number of ether oxygens (including phenoxy) is 1. The SMILES string of the molecule is CCCN(C(=O)CNS(=O)(=O)CCOC(C)C)C1CCNC1.Cl. The molecular weight excluding hydrogens is 342 g/mol. The van der Waals surface area contributed by atoms with Crippen molar-refractivity contribution in [3.8, 4) is 0 Å². The van der Waals surface area contributed by atoms with E-state index in [0.29, 0.717) is 6.54 Å². The van der Waals surface area contributed by atoms with Crippen LogP contribution in [-0.2, 0) is 19.6 Å². The van der Waals surface area contributed by atoms with Crippen LogP contribution in [0.5, 0.6) is 0 Å². The van der Waals surface area contributed by atoms with Crippen LogP contribution >= 0.6 is 12.4 Å². The topological polar surface area (TPSA) is 87.7 Å². The lowest BCUT2D eigenvalue weighted by atomic mass is 10.2. The monoisotopic (exact) mass is 371 g/mol. The molecule has 1 aliphatic heterocycles. The van der Waals surface area contributed by atoms with Crippen LogP contribution in [0.15, 0.2) is 0 Å². The van der Waals surface area contributed by atoms with E-state index in [1.165, 1.54) is 0 Å². The van der Waals surface area contributed by atoms with Gasteiger partial charge in [0.2, 0.25) is 15.9 Å². The molecule has 1 atom stereocenters. The second-order valence-corrected chi connectivity index (χ2v) is 7.72. The van der Waals surface area contributed by atoms with Gasteiger partial charge in [-0.25, -0.2) is 13.1 Å². The highest BCUT2D eigenvalue weighted by Gasteiger charge is 2.26. The summed E-state index contributed by atoms with van der Waals surface area (Å²) in [7, 11) is -3.48. The highest BCUT2D eigenvalue weighted by atomic mass is 35.5. The molecule has 0 saturated carbocycles. The lowest BCUT2D eigenvalue weighted by Crippen LogP contribution is -2.47. The van der Waals surface area contributed by atoms with Crippen LogP contribution in [0.3, 0.4) is 0 Å². The highest BCUT2D eigenvalue weighted by Crippen LogP contribution is 2.09. The maximum Gasteiger partial charge on any atom is 0.237 e. The Labute approximate surface area is 146 Å². The van der Waals surface area contributed by atoms with Gasteiger partial charge in [0.15, 0.2) is 0 Å². The lowest BCUT2D eigenvalue weighted by Gasteiger charge is -2.28. The minimum absolute atomic E-state index is 0. The molecule has 0 bridgehead atoms. The zero-order valence-corrected chi connectivity index (χ0v) is 15.8. The fourth-order valence-electron chi connectivity index (χ4n) is 2.40. The van der Waals surface area contributed by atoms with Crippen molar-refractivity contribution in [1.29, 1.82) is 0 Å². The molecule has 0 aromatic rings. The van der Waals surface area contributed by atoms with Crippen LogP contribution < -0.4 is 10.0 Å². The van der Waals surface area contributed by atoms with E-state index in [1.54, 1.807) is 4.90 Å². The van der Waals surface area contributed by atoms with Gasteiger partial charge in [-0.1, -0.05) is 6.92 Å². The summed E-state index contributed by atoms with van der Waals surface area (Å²) in [6.07, 6.45) is 1.77. The Morgan fingerprint density at radius 3 is 2.65 bits per heavy atom. The summed E-state index contributed by atoms with van der Waals surface area (Å²) in [5.41, 5.74) is 0. The molecule has 0 aromatic heterocycles. The van der Waals surface area contributed by atoms with Gasteiger partial charge in [0.05, 0.1) is 25.0 Å². The van der Waals surface area contributed by atoms with E-state index in [0.717, 1.165) is 25.9 Å². The molecule has 1 heterocycles. The summed E-state index contributed by atoms with van der Waals surface area (Å²) in [6.45, 7) is 7.99. The van der Waals surface area contributed by atoms with Gasteiger partial charge in [0.25, 0.3) is 0 Å². The number of nitrogens with one attached hydrogen (secondary N) is 2. The Hall–Kier alpha value is -0.410. The molecule has 138 valence electrons. The summed E-state index contributed by atoms with van der Waals surface area (Å²) < 4.78 is 31.3. The van der Waals surface area contributed by atoms with Gasteiger partial charge in [-0.05, 0) is 33.2 Å². The van der Waals surface area contributed by atoms with Gasteiger partial charge in [-0.15, -0.1) is 12.4 Å². The predicted molar refractivity (Wildman–Crippen MR) is 93.4 cm³/mol. The molecule has 0 aliphatic carbocycles. The highest BCUT2D eigenvalue weighted by molar-refractivity contribution is 7.89. The number of nitrogens with zero attached hydrogens (tertiary/aromatic N) is 1. The Morgan fingerprint density at radius 2 is 2.13 bits per heavy atom. The molecule has 1 unspecified atom stereocenters. The number of carbonyl (C=O) groups is 1. The van der Waals surface area contributed by atoms with Crippen molar-refractivity contribution in [2.45, 2.75) is 45.8 Å². The smallest absolute Gasteiger partial charge is 0.237 e. The van der Waals surface area contributed by atoms with Crippen molar-refractivity contribution in [1.82, 2.24) is 14.9 Å². The van der Waals surface area contributed by atoms with Gasteiger partial charge in [0.1, 0.15) is 0 Å². The third-order valence-corrected chi connectivity index (χ3v) is 4.79. The van der Waals surface area contributed by atoms with E-state index in [4.69, 9.17) is 4.74 Å². The van der Waals surface area contributed by atoms with Crippen LogP contribution in [0.4, 0.5) is 0 Å². The molecule has 1 saturated heterocycles. The number of carbonyl (C=O) groups excluding carboxylic acids is 1. The Bertz CT molecular complexity index is 439. The number of rotatable bonds is 10. The van der Waals surface area contributed by atoms with E-state index in [1.807, 2.05) is 20.8 Å². The molecule has 1 fully saturated rings. The fraction of sp³-hybridized carbons (Fsp3) is 0.929. The first-order valence-electron chi connectivity index (χ1n) is 7.95. The van der Waals surface area contributed by atoms with Crippen LogP contribution in [0.2, 0.25) is 0 Å². The number of hydrogen-bond donors (Lipinski definition) is 2. The van der Waals surface area contributed by atoms with Gasteiger partial charge in [-0.2, -0.15) is 0 Å². The van der Waals surface area contributed by atoms with Crippen molar-refractivity contribution in [2.24, 2.45) is 0 Å². The predicted octanol–water partition coefficient (Wildman–Crippen LogP) is 0.353. The molecule has 23 heavy (non-hydrogen) atoms. The molecule has 1 aliphatic rings. The average Bonchev–Trinajstić information content (AvgIpc) is 2.95. The minimum atomic E-state index is -3.48. The zero-order chi connectivity index (χ0) is 16.6. The van der Waals surface area contributed by atoms with Crippen molar-refractivity contribution < 1.29 is 17.9 Å². The Morgan fingerprint density at radius 1 is 1.43 bits per heavy atom. The van der Waals surface area contributed by atoms with Gasteiger partial charge in [-0.3, -0.25) is 4.79 Å². The summed E-state index contributed by atoms with van der Waals surface area (Å²) in [5, 5.41) is 3.23. The molecule has 1 rings (SSSR count). The van der Waals surface area contributed by atoms with Crippen molar-refractivity contribution >= 4 is 28.3 Å². The molecule has 0 spiro atoms. The van der Waals surface area contributed by atoms with E-state index in [2.05, 4.69) is 10.0 Å². The second-order valence-electron chi connectivity index (χ2n) is 5.79. The minimum Gasteiger partial charge on any atom is -0.378 e. The largest absolute Gasteiger partial charge is 0.378 e. The lowest BCUT2D eigenvalue weighted by molar-refractivity contribution is -0.131. The van der Waals surface area contributed by atoms with E-state index >= 15 is 0 Å². The first-order chi connectivity index (χ1) is 10.4. The van der Waals surface area contributed by atoms with E-state index in [-0.39, 0.29) is 49.4 Å². The van der Waals surface area contributed by atoms with Crippen molar-refractivity contribution in [3.05, 3.63) is 0 Å². The number of hydrogen-bond acceptors (Lipinski definition) is 5. The maximum atomic E-state index is 12.3. The summed E-state index contributed by atoms with van der Waals surface area (Å²) in [5.74, 6) is -0.291. The van der Waals surface area contributed by atoms with E-state index in [9.17, 15) is 13.2 Å². The van der Waals surface area contributed by atoms with Crippen LogP contribution in [-0.4, -0.2) is 69.9 Å². The van der Waals surface area contributed by atoms with E-state index < -0.39 is 10.0 Å². The third-order valence-electron chi connectivity index (χ3n) is 3.51. The first kappa shape index (κ1) is 22.6. The van der Waals surface area contributed by atoms with Gasteiger partial charge < -0.3 is 15.0 Å². The first-order valence-corrected chi connectivity index (χ1v) is 9.60. The second kappa shape index (κ2) is 11.2. The maximum absolute atomic E-state index is 12.3. The molecule has 0 aromatic carbocycles. The van der Waals surface area contributed by atoms with Crippen LogP contribution in [0.1, 0.15) is 33.6 Å². The number of halogens is 1. The van der Waals surface area contributed by atoms with Crippen molar-refractivity contribution in [3.63, 3.8) is 0 Å². The number of sulfonamides is 1. The van der Waals surface area contributed by atoms with Crippen LogP contribution in [0.25, 0.3) is 0 Å². The Balaban J connectivity index is 0.00000484. The molecule has 9 heteroatoms. The Kier molecular flexibility index (Phi) is 11.0. The molecule has 7 nitrogen and oxygen atoms in total. The fourth-order valence-corrected chi connectivity index (χ4v) is 3.20. The van der Waals surface area contributed by atoms with Gasteiger partial charge >= 0.3 is 0 Å². The summed E-state index contributed by atoms with van der Waals surface area (Å²) >= 11 is 0. The molecule has 2 N–H and O–H groups in total. The molecule has 0 radical (unpaired) electrons. The van der Waals surface area contributed by atoms with Gasteiger partial charge in [0, 0.05) is 19.1 Å². The standard InChI is InChI=1S/C14H29N3O4S.ClH/c1-4-7-17(13-5-6-15-10-13)14(18)11-16-22(19,20)9-8-21-12(2)3;/h12-13,15-16H,4-11H2,1-3H3;1H. The van der Waals surface area contributed by atoms with Crippen LogP contribution in [0, 0.1) is 0 Å². The zero-order valence-electron chi connectivity index (χ0n) is 14.2. The quantitative estimate of drug-likeness (QED) is 0.578. The molecule has 1 amide bonds. The average molecular weight is 372 g/mol.